The average Bonchev–Trinajstić information content (AvgIpc) is 3.29. The van der Waals surface area contributed by atoms with E-state index in [2.05, 4.69) is 20.1 Å². The van der Waals surface area contributed by atoms with Crippen LogP contribution in [0.15, 0.2) is 42.6 Å². The Balaban J connectivity index is 1.26. The maximum atomic E-state index is 12.8. The summed E-state index contributed by atoms with van der Waals surface area (Å²) in [7, 11) is 0. The fourth-order valence-corrected chi connectivity index (χ4v) is 4.66. The summed E-state index contributed by atoms with van der Waals surface area (Å²) < 4.78 is 0. The molecule has 1 atom stereocenters. The zero-order valence-electron chi connectivity index (χ0n) is 17.8. The number of halogens is 2. The van der Waals surface area contributed by atoms with Crippen molar-refractivity contribution in [2.45, 2.75) is 25.3 Å². The molecule has 1 aromatic heterocycles. The number of hydrogen-bond acceptors (Lipinski definition) is 5. The summed E-state index contributed by atoms with van der Waals surface area (Å²) in [5.74, 6) is 0.975. The zero-order chi connectivity index (χ0) is 22.5. The third kappa shape index (κ3) is 5.52. The van der Waals surface area contributed by atoms with Gasteiger partial charge in [-0.2, -0.15) is 0 Å². The minimum atomic E-state index is -0.265. The van der Waals surface area contributed by atoms with Gasteiger partial charge < -0.3 is 15.1 Å². The first-order chi connectivity index (χ1) is 15.5. The van der Waals surface area contributed by atoms with Crippen LogP contribution in [0.3, 0.4) is 0 Å². The Hall–Kier alpha value is -2.35. The van der Waals surface area contributed by atoms with Crippen molar-refractivity contribution in [1.82, 2.24) is 14.8 Å². The topological polar surface area (TPSA) is 68.8 Å². The fraction of sp³-hybridized carbons (Fsp3) is 0.435. The second-order valence-corrected chi connectivity index (χ2v) is 8.96. The molecule has 0 bridgehead atoms. The van der Waals surface area contributed by atoms with Crippen molar-refractivity contribution in [3.63, 3.8) is 0 Å². The number of piperazine rings is 1. The van der Waals surface area contributed by atoms with Crippen LogP contribution in [0.25, 0.3) is 0 Å². The molecule has 2 fully saturated rings. The Kier molecular flexibility index (Phi) is 7.50. The number of nitrogens with zero attached hydrogens (tertiary/aromatic N) is 4. The van der Waals surface area contributed by atoms with Gasteiger partial charge >= 0.3 is 0 Å². The molecule has 1 N–H and O–H groups in total. The maximum Gasteiger partial charge on any atom is 0.241 e. The molecule has 2 aliphatic rings. The molecule has 1 aromatic carbocycles. The third-order valence-electron chi connectivity index (χ3n) is 6.07. The van der Waals surface area contributed by atoms with Crippen molar-refractivity contribution in [1.29, 1.82) is 0 Å². The summed E-state index contributed by atoms with van der Waals surface area (Å²) >= 11 is 12.2. The van der Waals surface area contributed by atoms with E-state index < -0.39 is 0 Å². The molecule has 32 heavy (non-hydrogen) atoms. The molecule has 7 nitrogen and oxygen atoms in total. The van der Waals surface area contributed by atoms with Crippen LogP contribution in [0.4, 0.5) is 11.5 Å². The highest BCUT2D eigenvalue weighted by Gasteiger charge is 2.32. The second-order valence-electron chi connectivity index (χ2n) is 8.11. The highest BCUT2D eigenvalue weighted by atomic mass is 35.5. The number of carbonyl (C=O) groups excluding carboxylic acids is 2. The van der Waals surface area contributed by atoms with Gasteiger partial charge in [0.1, 0.15) is 5.82 Å². The number of nitrogens with one attached hydrogen (secondary N) is 1. The van der Waals surface area contributed by atoms with Crippen LogP contribution >= 0.6 is 23.2 Å². The summed E-state index contributed by atoms with van der Waals surface area (Å²) in [6.07, 6.45) is 3.89. The van der Waals surface area contributed by atoms with Gasteiger partial charge in [-0.25, -0.2) is 4.98 Å². The second kappa shape index (κ2) is 10.5. The lowest BCUT2D eigenvalue weighted by molar-refractivity contribution is -0.132. The van der Waals surface area contributed by atoms with Crippen molar-refractivity contribution in [2.24, 2.45) is 0 Å². The number of pyridine rings is 1. The lowest BCUT2D eigenvalue weighted by Crippen LogP contribution is -2.50. The highest BCUT2D eigenvalue weighted by Crippen LogP contribution is 2.27. The maximum absolute atomic E-state index is 12.8. The Morgan fingerprint density at radius 3 is 2.62 bits per heavy atom. The van der Waals surface area contributed by atoms with Gasteiger partial charge in [0.05, 0.1) is 16.8 Å². The molecule has 0 radical (unpaired) electrons. The van der Waals surface area contributed by atoms with Gasteiger partial charge in [0.15, 0.2) is 0 Å². The first-order valence-corrected chi connectivity index (χ1v) is 11.7. The Labute approximate surface area is 198 Å². The first kappa shape index (κ1) is 22.8. The molecule has 0 spiro atoms. The molecule has 1 unspecified atom stereocenters. The highest BCUT2D eigenvalue weighted by molar-refractivity contribution is 6.35. The summed E-state index contributed by atoms with van der Waals surface area (Å²) in [6.45, 7) is 4.30. The number of carbonyl (C=O) groups is 2. The minimum Gasteiger partial charge on any atom is -0.353 e. The smallest absolute Gasteiger partial charge is 0.241 e. The van der Waals surface area contributed by atoms with Crippen molar-refractivity contribution in [2.75, 3.05) is 49.5 Å². The number of aromatic nitrogens is 1. The SMILES string of the molecule is O=C(Nc1cc(Cl)ccc1Cl)C1CCCN1CCC(=O)N1CCN(c2ccccn2)CC1. The van der Waals surface area contributed by atoms with E-state index in [9.17, 15) is 9.59 Å². The zero-order valence-corrected chi connectivity index (χ0v) is 19.4. The summed E-state index contributed by atoms with van der Waals surface area (Å²) in [4.78, 5) is 36.2. The largest absolute Gasteiger partial charge is 0.353 e. The molecule has 9 heteroatoms. The van der Waals surface area contributed by atoms with Crippen LogP contribution in [0.5, 0.6) is 0 Å². The molecule has 170 valence electrons. The average molecular weight is 476 g/mol. The number of benzene rings is 1. The van der Waals surface area contributed by atoms with E-state index in [1.165, 1.54) is 0 Å². The molecular formula is C23H27Cl2N5O2. The van der Waals surface area contributed by atoms with Crippen LogP contribution in [-0.2, 0) is 9.59 Å². The van der Waals surface area contributed by atoms with E-state index in [1.807, 2.05) is 23.1 Å². The molecule has 4 rings (SSSR count). The number of likely N-dealkylation sites (tertiary alicyclic amines) is 1. The van der Waals surface area contributed by atoms with Crippen LogP contribution in [0.2, 0.25) is 10.0 Å². The molecular weight excluding hydrogens is 449 g/mol. The van der Waals surface area contributed by atoms with Gasteiger partial charge in [0.25, 0.3) is 0 Å². The van der Waals surface area contributed by atoms with Gasteiger partial charge in [-0.15, -0.1) is 0 Å². The molecule has 2 aromatic rings. The summed E-state index contributed by atoms with van der Waals surface area (Å²) in [6, 6.07) is 10.6. The van der Waals surface area contributed by atoms with Crippen LogP contribution in [0, 0.1) is 0 Å². The molecule has 2 saturated heterocycles. The van der Waals surface area contributed by atoms with E-state index in [4.69, 9.17) is 23.2 Å². The normalized spacial score (nSPS) is 19.2. The van der Waals surface area contributed by atoms with Crippen molar-refractivity contribution in [3.05, 3.63) is 52.6 Å². The minimum absolute atomic E-state index is 0.108. The number of amides is 2. The summed E-state index contributed by atoms with van der Waals surface area (Å²) in [5.41, 5.74) is 0.512. The van der Waals surface area contributed by atoms with E-state index >= 15 is 0 Å². The van der Waals surface area contributed by atoms with Crippen LogP contribution in [-0.4, -0.2) is 71.9 Å². The molecule has 0 aliphatic carbocycles. The van der Waals surface area contributed by atoms with Gasteiger partial charge in [0.2, 0.25) is 11.8 Å². The molecule has 2 amide bonds. The van der Waals surface area contributed by atoms with Crippen molar-refractivity contribution >= 4 is 46.5 Å². The quantitative estimate of drug-likeness (QED) is 0.691. The molecule has 2 aliphatic heterocycles. The fourth-order valence-electron chi connectivity index (χ4n) is 4.32. The first-order valence-electron chi connectivity index (χ1n) is 10.9. The number of hydrogen-bond donors (Lipinski definition) is 1. The monoisotopic (exact) mass is 475 g/mol. The lowest BCUT2D eigenvalue weighted by atomic mass is 10.2. The Bertz CT molecular complexity index is 951. The van der Waals surface area contributed by atoms with Crippen LogP contribution < -0.4 is 10.2 Å². The van der Waals surface area contributed by atoms with Gasteiger partial charge in [-0.1, -0.05) is 29.3 Å². The Morgan fingerprint density at radius 1 is 1.06 bits per heavy atom. The van der Waals surface area contributed by atoms with E-state index in [0.29, 0.717) is 41.8 Å². The number of rotatable bonds is 6. The van der Waals surface area contributed by atoms with Crippen LogP contribution in [0.1, 0.15) is 19.3 Å². The van der Waals surface area contributed by atoms with Gasteiger partial charge in [0, 0.05) is 50.4 Å². The third-order valence-corrected chi connectivity index (χ3v) is 6.64. The lowest BCUT2D eigenvalue weighted by Gasteiger charge is -2.35. The van der Waals surface area contributed by atoms with Crippen molar-refractivity contribution in [3.8, 4) is 0 Å². The predicted octanol–water partition coefficient (Wildman–Crippen LogP) is 3.53. The summed E-state index contributed by atoms with van der Waals surface area (Å²) in [5, 5.41) is 3.86. The van der Waals surface area contributed by atoms with E-state index in [0.717, 1.165) is 38.3 Å². The molecule has 0 saturated carbocycles. The molecule has 3 heterocycles. The van der Waals surface area contributed by atoms with Gasteiger partial charge in [-0.3, -0.25) is 14.5 Å². The van der Waals surface area contributed by atoms with E-state index in [1.54, 1.807) is 24.4 Å². The van der Waals surface area contributed by atoms with Gasteiger partial charge in [-0.05, 0) is 49.7 Å². The van der Waals surface area contributed by atoms with Crippen molar-refractivity contribution < 1.29 is 9.59 Å². The standard InChI is InChI=1S/C23H27Cl2N5O2/c24-17-6-7-18(25)19(16-17)27-23(32)20-4-3-10-28(20)11-8-22(31)30-14-12-29(13-15-30)21-5-1-2-9-26-21/h1-2,5-7,9,16,20H,3-4,8,10-15H2,(H,27,32). The Morgan fingerprint density at radius 2 is 1.88 bits per heavy atom. The number of anilines is 2. The van der Waals surface area contributed by atoms with E-state index in [-0.39, 0.29) is 17.9 Å². The predicted molar refractivity (Wildman–Crippen MR) is 127 cm³/mol.